The number of amides is 5. The number of carbonyl (C=O) groups excluding carboxylic acids is 8. The number of carboxylic acid groups (broad SMARTS) is 3. The summed E-state index contributed by atoms with van der Waals surface area (Å²) in [6.45, 7) is 20.1. The van der Waals surface area contributed by atoms with Crippen LogP contribution in [0.1, 0.15) is 144 Å². The van der Waals surface area contributed by atoms with Crippen LogP contribution in [0.4, 0.5) is 14.4 Å². The van der Waals surface area contributed by atoms with Crippen LogP contribution in [-0.4, -0.2) is 250 Å². The molecule has 0 saturated carbocycles. The zero-order chi connectivity index (χ0) is 80.7. The highest BCUT2D eigenvalue weighted by Crippen LogP contribution is 2.27. The Morgan fingerprint density at radius 1 is 0.440 bits per heavy atom. The van der Waals surface area contributed by atoms with Gasteiger partial charge in [-0.3, -0.25) is 29.0 Å². The van der Waals surface area contributed by atoms with Crippen molar-refractivity contribution in [1.29, 1.82) is 0 Å². The molecule has 5 amide bonds. The van der Waals surface area contributed by atoms with E-state index in [1.807, 2.05) is 0 Å². The van der Waals surface area contributed by atoms with Gasteiger partial charge in [0.05, 0.1) is 48.3 Å². The molecule has 8 atom stereocenters. The standard InChI is InChI=1S/C19H27N3O7S.C17H24N2O6S.C13H17N3O5S.C10H18N2O4.C8H14O4.3CH4/c1-19(2,3)29-18(25)20-11-16(23)22-12-13(10-15(22)17(24)28-4)21-30(26,27)14-8-6-5-7-9-14;1-17(2,3)25-16(21)19-11-12(10-14(19)15(20)24-4)18-26(22,23)13-8-6-5-7-9-13;14-7-12(17)16-8-9(6-11(16)13(18)19)15-22(20,21)10-4-2-1-3-5-10;1-10(2,3)16-9(15)12-5-6(11)4-7(12)8(13)14;1-8(2,3)12-7(11)5-4-6(9)10;;;/h5-9,13,15,21H,10-12H2,1-4H3,(H,20,25);5-9,12,14,18H,10-11H2,1-4H3;1-5,9,11,15H,6-8,14H2,(H,18,19);6-7H,4-5,11H2,1-3H3,(H,13,14);4-5H2,1-3H3,(H,9,10);3*1H4/t13-,15+;12-,14+;9-,11+;6-,7+;;;;/m1111..../s1. The Balaban J connectivity index is 0.00000137. The number of hydrogen-bond donors (Lipinski definition) is 9. The van der Waals surface area contributed by atoms with Crippen molar-refractivity contribution in [2.24, 2.45) is 11.5 Å². The summed E-state index contributed by atoms with van der Waals surface area (Å²) in [5.74, 6) is -6.03. The van der Waals surface area contributed by atoms with Crippen molar-refractivity contribution in [2.75, 3.05) is 53.5 Å². The van der Waals surface area contributed by atoms with Crippen molar-refractivity contribution >= 4 is 96.0 Å². The van der Waals surface area contributed by atoms with Crippen LogP contribution in [0.15, 0.2) is 106 Å². The molecule has 3 aromatic carbocycles. The number of rotatable bonds is 19. The quantitative estimate of drug-likeness (QED) is 0.0583. The van der Waals surface area contributed by atoms with E-state index >= 15 is 0 Å². The van der Waals surface area contributed by atoms with Crippen molar-refractivity contribution in [3.8, 4) is 0 Å². The van der Waals surface area contributed by atoms with Gasteiger partial charge >= 0.3 is 54.1 Å². The van der Waals surface area contributed by atoms with E-state index in [1.54, 1.807) is 138 Å². The lowest BCUT2D eigenvalue weighted by Crippen LogP contribution is -2.47. The molecule has 0 aromatic heterocycles. The lowest BCUT2D eigenvalue weighted by atomic mass is 10.2. The van der Waals surface area contributed by atoms with Gasteiger partial charge in [0.15, 0.2) is 0 Å². The highest BCUT2D eigenvalue weighted by Gasteiger charge is 2.46. The molecule has 7 rings (SSSR count). The fourth-order valence-electron chi connectivity index (χ4n) is 10.4. The molecule has 4 aliphatic heterocycles. The van der Waals surface area contributed by atoms with Gasteiger partial charge in [0.2, 0.25) is 41.9 Å². The Hall–Kier alpha value is -9.12. The van der Waals surface area contributed by atoms with Gasteiger partial charge in [-0.25, -0.2) is 73.0 Å². The molecule has 36 nitrogen and oxygen atoms in total. The van der Waals surface area contributed by atoms with E-state index in [4.69, 9.17) is 55.2 Å². The number of nitrogens with two attached hydrogens (primary N) is 2. The van der Waals surface area contributed by atoms with Crippen LogP contribution < -0.4 is 31.0 Å². The Labute approximate surface area is 639 Å². The molecule has 109 heavy (non-hydrogen) atoms. The molecule has 4 aliphatic rings. The van der Waals surface area contributed by atoms with Gasteiger partial charge in [0, 0.05) is 50.3 Å². The minimum absolute atomic E-state index is 0. The first-order chi connectivity index (χ1) is 48.8. The van der Waals surface area contributed by atoms with Crippen molar-refractivity contribution in [1.82, 2.24) is 39.1 Å². The van der Waals surface area contributed by atoms with Gasteiger partial charge in [-0.05, 0) is 145 Å². The van der Waals surface area contributed by atoms with Crippen LogP contribution >= 0.6 is 0 Å². The molecule has 0 spiro atoms. The maximum absolute atomic E-state index is 12.6. The molecule has 4 fully saturated rings. The van der Waals surface area contributed by atoms with Crippen LogP contribution in [0.2, 0.25) is 0 Å². The van der Waals surface area contributed by atoms with Crippen LogP contribution in [0.3, 0.4) is 0 Å². The maximum Gasteiger partial charge on any atom is 0.411 e. The third kappa shape index (κ3) is 34.6. The summed E-state index contributed by atoms with van der Waals surface area (Å²) < 4.78 is 112. The number of aliphatic carboxylic acids is 3. The number of nitrogens with one attached hydrogen (secondary N) is 4. The van der Waals surface area contributed by atoms with Gasteiger partial charge in [0.1, 0.15) is 53.1 Å². The Bertz CT molecular complexity index is 3870. The van der Waals surface area contributed by atoms with E-state index in [1.165, 1.54) is 65.3 Å². The summed E-state index contributed by atoms with van der Waals surface area (Å²) in [4.78, 5) is 132. The Morgan fingerprint density at radius 2 is 0.752 bits per heavy atom. The second-order valence-electron chi connectivity index (χ2n) is 28.3. The summed E-state index contributed by atoms with van der Waals surface area (Å²) in [7, 11) is -8.94. The summed E-state index contributed by atoms with van der Waals surface area (Å²) in [6, 6.07) is 17.3. The summed E-state index contributed by atoms with van der Waals surface area (Å²) >= 11 is 0. The molecule has 0 bridgehead atoms. The van der Waals surface area contributed by atoms with Gasteiger partial charge in [-0.2, -0.15) is 0 Å². The van der Waals surface area contributed by atoms with Crippen LogP contribution in [0.25, 0.3) is 0 Å². The van der Waals surface area contributed by atoms with Gasteiger partial charge in [-0.15, -0.1) is 0 Å². The number of alkyl carbamates (subject to hydrolysis) is 1. The molecule has 4 heterocycles. The molecule has 0 unspecified atom stereocenters. The summed E-state index contributed by atoms with van der Waals surface area (Å²) in [5, 5.41) is 28.7. The van der Waals surface area contributed by atoms with Crippen LogP contribution in [0.5, 0.6) is 0 Å². The van der Waals surface area contributed by atoms with E-state index in [0.29, 0.717) is 0 Å². The second kappa shape index (κ2) is 43.3. The molecule has 0 aliphatic carbocycles. The fourth-order valence-corrected chi connectivity index (χ4v) is 14.1. The molecule has 4 saturated heterocycles. The molecule has 616 valence electrons. The van der Waals surface area contributed by atoms with E-state index in [2.05, 4.69) is 19.5 Å². The predicted octanol–water partition coefficient (Wildman–Crippen LogP) is 4.63. The van der Waals surface area contributed by atoms with E-state index in [0.717, 1.165) is 4.90 Å². The zero-order valence-electron chi connectivity index (χ0n) is 61.7. The summed E-state index contributed by atoms with van der Waals surface area (Å²) in [6.07, 6.45) is -1.87. The number of hydrogen-bond acceptors (Lipinski definition) is 25. The molecule has 3 aromatic rings. The smallest absolute Gasteiger partial charge is 0.411 e. The molecule has 0 radical (unpaired) electrons. The Morgan fingerprint density at radius 3 is 1.07 bits per heavy atom. The average Bonchev–Trinajstić information content (AvgIpc) is 1.70. The SMILES string of the molecule is C.C.C.CC(C)(C)OC(=O)CCC(=O)O.CC(C)(C)OC(=O)N1C[C@H](N)C[C@H]1C(=O)O.COC(=O)[C@@H]1C[C@@H](NS(=O)(=O)c2ccccc2)CN1C(=O)CNC(=O)OC(C)(C)C.COC(=O)[C@@H]1C[C@@H](NS(=O)(=O)c2ccccc2)CN1C(=O)OC(C)(C)C.NCC(=O)N1C[C@H](NS(=O)(=O)c2ccccc2)C[C@H]1C(=O)O. The third-order valence-electron chi connectivity index (χ3n) is 14.7. The topological polar surface area (TPSA) is 519 Å². The van der Waals surface area contributed by atoms with Crippen LogP contribution in [-0.2, 0) is 96.8 Å². The molecule has 39 heteroatoms. The first kappa shape index (κ1) is 99.9. The van der Waals surface area contributed by atoms with Crippen molar-refractivity contribution in [2.45, 2.75) is 229 Å². The highest BCUT2D eigenvalue weighted by molar-refractivity contribution is 7.90. The third-order valence-corrected chi connectivity index (χ3v) is 19.3. The summed E-state index contributed by atoms with van der Waals surface area (Å²) in [5.41, 5.74) is 8.27. The number of carbonyl (C=O) groups is 11. The molecular weight excluding hydrogens is 1490 g/mol. The monoisotopic (exact) mass is 1600 g/mol. The fraction of sp³-hybridized carbons (Fsp3) is 0.586. The number of nitrogens with zero attached hydrogens (tertiary/aromatic N) is 4. The Kier molecular flexibility index (Phi) is 39.7. The van der Waals surface area contributed by atoms with Crippen molar-refractivity contribution < 1.29 is 122 Å². The predicted molar refractivity (Wildman–Crippen MR) is 398 cm³/mol. The van der Waals surface area contributed by atoms with Crippen LogP contribution in [0, 0.1) is 0 Å². The van der Waals surface area contributed by atoms with E-state index < -0.39 is 167 Å². The number of benzene rings is 3. The van der Waals surface area contributed by atoms with Gasteiger partial charge in [0.25, 0.3) is 0 Å². The number of esters is 3. The van der Waals surface area contributed by atoms with E-state index in [9.17, 15) is 78.0 Å². The van der Waals surface area contributed by atoms with Crippen molar-refractivity contribution in [3.05, 3.63) is 91.0 Å². The number of methoxy groups -OCH3 is 2. The van der Waals surface area contributed by atoms with Crippen molar-refractivity contribution in [3.63, 3.8) is 0 Å². The first-order valence-corrected chi connectivity index (χ1v) is 37.6. The van der Waals surface area contributed by atoms with Gasteiger partial charge < -0.3 is 70.3 Å². The average molecular weight is 1610 g/mol. The largest absolute Gasteiger partial charge is 0.481 e. The number of ether oxygens (including phenoxy) is 6. The lowest BCUT2D eigenvalue weighted by Gasteiger charge is -2.27. The maximum atomic E-state index is 12.6. The van der Waals surface area contributed by atoms with Gasteiger partial charge in [-0.1, -0.05) is 76.9 Å². The van der Waals surface area contributed by atoms with E-state index in [-0.39, 0.29) is 114 Å². The molecule has 11 N–H and O–H groups in total. The second-order valence-corrected chi connectivity index (χ2v) is 33.4. The number of carboxylic acids is 3. The normalized spacial score (nSPS) is 19.6. The highest BCUT2D eigenvalue weighted by atomic mass is 32.2. The lowest BCUT2D eigenvalue weighted by molar-refractivity contribution is -0.157. The minimum atomic E-state index is -3.82. The number of likely N-dealkylation sites (tertiary alicyclic amines) is 4. The minimum Gasteiger partial charge on any atom is -0.481 e. The molecular formula is C70H112N10O26S3. The first-order valence-electron chi connectivity index (χ1n) is 33.1. The number of sulfonamides is 3. The zero-order valence-corrected chi connectivity index (χ0v) is 64.1.